The normalized spacial score (nSPS) is 13.4. The number of imidazole rings is 1. The molecular formula is C23H27N5O3. The summed E-state index contributed by atoms with van der Waals surface area (Å²) in [6.45, 7) is 5.21. The second kappa shape index (κ2) is 9.51. The van der Waals surface area contributed by atoms with E-state index in [-0.39, 0.29) is 11.9 Å². The molecule has 0 atom stereocenters. The van der Waals surface area contributed by atoms with Crippen molar-refractivity contribution < 1.29 is 14.3 Å². The first-order valence-corrected chi connectivity index (χ1v) is 10.7. The molecule has 1 aliphatic rings. The highest BCUT2D eigenvalue weighted by Crippen LogP contribution is 2.19. The molecule has 8 nitrogen and oxygen atoms in total. The largest absolute Gasteiger partial charge is 0.494 e. The predicted molar refractivity (Wildman–Crippen MR) is 120 cm³/mol. The van der Waals surface area contributed by atoms with E-state index in [1.807, 2.05) is 46.7 Å². The van der Waals surface area contributed by atoms with Gasteiger partial charge in [-0.2, -0.15) is 0 Å². The molecule has 31 heavy (non-hydrogen) atoms. The Morgan fingerprint density at radius 3 is 2.61 bits per heavy atom. The van der Waals surface area contributed by atoms with Crippen LogP contribution in [0.3, 0.4) is 0 Å². The van der Waals surface area contributed by atoms with Crippen LogP contribution in [0, 0.1) is 0 Å². The Hall–Kier alpha value is -3.55. The maximum absolute atomic E-state index is 12.6. The highest BCUT2D eigenvalue weighted by Gasteiger charge is 2.20. The van der Waals surface area contributed by atoms with Crippen LogP contribution in [-0.4, -0.2) is 52.6 Å². The van der Waals surface area contributed by atoms with E-state index >= 15 is 0 Å². The number of nitrogens with one attached hydrogen (secondary N) is 2. The van der Waals surface area contributed by atoms with Gasteiger partial charge in [0, 0.05) is 37.4 Å². The maximum Gasteiger partial charge on any atom is 0.319 e. The molecule has 0 unspecified atom stereocenters. The number of rotatable bonds is 7. The lowest BCUT2D eigenvalue weighted by atomic mass is 10.1. The summed E-state index contributed by atoms with van der Waals surface area (Å²) in [5, 5.41) is 5.65. The molecule has 1 aliphatic heterocycles. The van der Waals surface area contributed by atoms with Gasteiger partial charge in [0.15, 0.2) is 0 Å². The van der Waals surface area contributed by atoms with E-state index in [1.54, 1.807) is 18.5 Å². The van der Waals surface area contributed by atoms with Crippen molar-refractivity contribution in [2.75, 3.05) is 31.6 Å². The smallest absolute Gasteiger partial charge is 0.319 e. The number of hydrogen-bond donors (Lipinski definition) is 2. The fourth-order valence-corrected chi connectivity index (χ4v) is 3.74. The number of amides is 3. The Morgan fingerprint density at radius 1 is 1.10 bits per heavy atom. The standard InChI is InChI=1S/C23H27N5O3/c1-2-31-19-8-6-18(7-9-19)26-23(30)24-11-14-28-16-25-20-15-17(5-10-21(20)28)22(29)27-12-3-4-13-27/h5-10,15-16H,2-4,11-14H2,1H3,(H2,24,26,30). The summed E-state index contributed by atoms with van der Waals surface area (Å²) in [6, 6.07) is 12.6. The van der Waals surface area contributed by atoms with Crippen molar-refractivity contribution in [1.82, 2.24) is 19.8 Å². The van der Waals surface area contributed by atoms with Gasteiger partial charge in [-0.1, -0.05) is 0 Å². The summed E-state index contributed by atoms with van der Waals surface area (Å²) in [5.74, 6) is 0.840. The Balaban J connectivity index is 1.30. The molecule has 0 radical (unpaired) electrons. The Labute approximate surface area is 181 Å². The van der Waals surface area contributed by atoms with Crippen molar-refractivity contribution in [2.24, 2.45) is 0 Å². The number of benzene rings is 2. The average molecular weight is 422 g/mol. The number of likely N-dealkylation sites (tertiary alicyclic amines) is 1. The number of urea groups is 1. The van der Waals surface area contributed by atoms with E-state index < -0.39 is 0 Å². The first kappa shape index (κ1) is 20.7. The van der Waals surface area contributed by atoms with Gasteiger partial charge >= 0.3 is 6.03 Å². The molecule has 2 heterocycles. The quantitative estimate of drug-likeness (QED) is 0.611. The van der Waals surface area contributed by atoms with Crippen LogP contribution in [0.5, 0.6) is 5.75 Å². The summed E-state index contributed by atoms with van der Waals surface area (Å²) in [7, 11) is 0. The number of anilines is 1. The van der Waals surface area contributed by atoms with Crippen LogP contribution in [0.15, 0.2) is 48.8 Å². The zero-order valence-corrected chi connectivity index (χ0v) is 17.6. The van der Waals surface area contributed by atoms with Crippen molar-refractivity contribution in [1.29, 1.82) is 0 Å². The van der Waals surface area contributed by atoms with Crippen LogP contribution in [0.1, 0.15) is 30.1 Å². The van der Waals surface area contributed by atoms with Crippen LogP contribution >= 0.6 is 0 Å². The van der Waals surface area contributed by atoms with E-state index in [0.717, 1.165) is 42.7 Å². The van der Waals surface area contributed by atoms with E-state index in [0.29, 0.717) is 30.9 Å². The van der Waals surface area contributed by atoms with Crippen molar-refractivity contribution in [3.63, 3.8) is 0 Å². The fourth-order valence-electron chi connectivity index (χ4n) is 3.74. The zero-order valence-electron chi connectivity index (χ0n) is 17.6. The monoisotopic (exact) mass is 421 g/mol. The number of aromatic nitrogens is 2. The molecule has 0 aliphatic carbocycles. The molecule has 1 aromatic heterocycles. The lowest BCUT2D eigenvalue weighted by molar-refractivity contribution is 0.0793. The molecule has 8 heteroatoms. The third-order valence-corrected chi connectivity index (χ3v) is 5.32. The molecule has 0 spiro atoms. The molecule has 3 amide bonds. The number of carbonyl (C=O) groups excluding carboxylic acids is 2. The summed E-state index contributed by atoms with van der Waals surface area (Å²) >= 11 is 0. The van der Waals surface area contributed by atoms with E-state index in [9.17, 15) is 9.59 Å². The van der Waals surface area contributed by atoms with Crippen LogP contribution in [0.4, 0.5) is 10.5 Å². The minimum Gasteiger partial charge on any atom is -0.494 e. The Kier molecular flexibility index (Phi) is 6.35. The minimum atomic E-state index is -0.271. The minimum absolute atomic E-state index is 0.0709. The van der Waals surface area contributed by atoms with Crippen LogP contribution in [0.2, 0.25) is 0 Å². The van der Waals surface area contributed by atoms with Crippen molar-refractivity contribution >= 4 is 28.7 Å². The average Bonchev–Trinajstić information content (AvgIpc) is 3.45. The molecule has 1 saturated heterocycles. The van der Waals surface area contributed by atoms with Gasteiger partial charge in [-0.15, -0.1) is 0 Å². The van der Waals surface area contributed by atoms with Gasteiger partial charge in [-0.3, -0.25) is 4.79 Å². The summed E-state index contributed by atoms with van der Waals surface area (Å²) in [6.07, 6.45) is 3.88. The molecule has 2 aromatic carbocycles. The van der Waals surface area contributed by atoms with Gasteiger partial charge in [0.1, 0.15) is 5.75 Å². The number of nitrogens with zero attached hydrogens (tertiary/aromatic N) is 3. The first-order valence-electron chi connectivity index (χ1n) is 10.7. The summed E-state index contributed by atoms with van der Waals surface area (Å²) < 4.78 is 7.36. The van der Waals surface area contributed by atoms with Crippen molar-refractivity contribution in [3.8, 4) is 5.75 Å². The second-order valence-electron chi connectivity index (χ2n) is 7.48. The van der Waals surface area contributed by atoms with Gasteiger partial charge < -0.3 is 24.8 Å². The second-order valence-corrected chi connectivity index (χ2v) is 7.48. The molecular weight excluding hydrogens is 394 g/mol. The highest BCUT2D eigenvalue weighted by molar-refractivity contribution is 5.97. The first-order chi connectivity index (χ1) is 15.1. The van der Waals surface area contributed by atoms with Gasteiger partial charge in [0.25, 0.3) is 5.91 Å². The molecule has 3 aromatic rings. The predicted octanol–water partition coefficient (Wildman–Crippen LogP) is 3.49. The number of fused-ring (bicyclic) bond motifs is 1. The number of ether oxygens (including phenoxy) is 1. The lowest BCUT2D eigenvalue weighted by Crippen LogP contribution is -2.31. The van der Waals surface area contributed by atoms with E-state index in [2.05, 4.69) is 15.6 Å². The zero-order chi connectivity index (χ0) is 21.6. The Bertz CT molecular complexity index is 1050. The van der Waals surface area contributed by atoms with Gasteiger partial charge in [0.2, 0.25) is 0 Å². The molecule has 4 rings (SSSR count). The van der Waals surface area contributed by atoms with Crippen LogP contribution < -0.4 is 15.4 Å². The van der Waals surface area contributed by atoms with E-state index in [1.165, 1.54) is 0 Å². The highest BCUT2D eigenvalue weighted by atomic mass is 16.5. The Morgan fingerprint density at radius 2 is 1.87 bits per heavy atom. The SMILES string of the molecule is CCOc1ccc(NC(=O)NCCn2cnc3cc(C(=O)N4CCCC4)ccc32)cc1. The lowest BCUT2D eigenvalue weighted by Gasteiger charge is -2.15. The van der Waals surface area contributed by atoms with Crippen LogP contribution in [-0.2, 0) is 6.54 Å². The van der Waals surface area contributed by atoms with Crippen molar-refractivity contribution in [3.05, 3.63) is 54.4 Å². The number of carbonyl (C=O) groups is 2. The van der Waals surface area contributed by atoms with Crippen LogP contribution in [0.25, 0.3) is 11.0 Å². The molecule has 1 fully saturated rings. The summed E-state index contributed by atoms with van der Waals surface area (Å²) in [4.78, 5) is 31.0. The third kappa shape index (κ3) is 4.96. The molecule has 0 saturated carbocycles. The van der Waals surface area contributed by atoms with Gasteiger partial charge in [0.05, 0.1) is 24.0 Å². The molecule has 162 valence electrons. The van der Waals surface area contributed by atoms with Gasteiger partial charge in [-0.25, -0.2) is 9.78 Å². The fraction of sp³-hybridized carbons (Fsp3) is 0.348. The molecule has 0 bridgehead atoms. The summed E-state index contributed by atoms with van der Waals surface area (Å²) in [5.41, 5.74) is 3.09. The topological polar surface area (TPSA) is 88.5 Å². The maximum atomic E-state index is 12.6. The third-order valence-electron chi connectivity index (χ3n) is 5.32. The van der Waals surface area contributed by atoms with E-state index in [4.69, 9.17) is 4.74 Å². The number of hydrogen-bond acceptors (Lipinski definition) is 4. The molecule has 2 N–H and O–H groups in total. The van der Waals surface area contributed by atoms with Crippen molar-refractivity contribution in [2.45, 2.75) is 26.3 Å². The van der Waals surface area contributed by atoms with Gasteiger partial charge in [-0.05, 0) is 62.2 Å².